The second-order valence-corrected chi connectivity index (χ2v) is 3.04. The zero-order valence-corrected chi connectivity index (χ0v) is 8.10. The van der Waals surface area contributed by atoms with Crippen LogP contribution in [-0.2, 0) is 4.79 Å². The van der Waals surface area contributed by atoms with Gasteiger partial charge in [-0.3, -0.25) is 4.79 Å². The van der Waals surface area contributed by atoms with Gasteiger partial charge in [-0.2, -0.15) is 5.48 Å². The fraction of sp³-hybridized carbons (Fsp3) is 0.750. The molecule has 0 aliphatic heterocycles. The molecule has 0 bridgehead atoms. The molecule has 0 spiro atoms. The lowest BCUT2D eigenvalue weighted by atomic mass is 9.94. The average Bonchev–Trinajstić information content (AvgIpc) is 2.17. The van der Waals surface area contributed by atoms with E-state index >= 15 is 0 Å². The first kappa shape index (κ1) is 12.9. The highest BCUT2D eigenvalue weighted by Crippen LogP contribution is 2.14. The van der Waals surface area contributed by atoms with Gasteiger partial charge in [-0.15, -0.1) is 0 Å². The molecule has 1 saturated carbocycles. The van der Waals surface area contributed by atoms with Gasteiger partial charge in [0.2, 0.25) is 0 Å². The first-order chi connectivity index (χ1) is 6.61. The molecular weight excluding hydrogens is 188 g/mol. The highest BCUT2D eigenvalue weighted by Gasteiger charge is 2.19. The van der Waals surface area contributed by atoms with E-state index in [0.717, 1.165) is 32.6 Å². The van der Waals surface area contributed by atoms with Crippen LogP contribution in [-0.4, -0.2) is 33.2 Å². The molecule has 1 rings (SSSR count). The van der Waals surface area contributed by atoms with Gasteiger partial charge in [0.15, 0.2) is 0 Å². The Kier molecular flexibility index (Phi) is 6.69. The van der Waals surface area contributed by atoms with Crippen molar-refractivity contribution < 1.29 is 20.3 Å². The number of nitrogens with one attached hydrogen (secondary N) is 1. The van der Waals surface area contributed by atoms with E-state index in [-0.39, 0.29) is 6.04 Å². The Bertz CT molecular complexity index is 202. The Labute approximate surface area is 82.2 Å². The summed E-state index contributed by atoms with van der Waals surface area (Å²) < 4.78 is 0. The van der Waals surface area contributed by atoms with Crippen molar-refractivity contribution in [2.75, 3.05) is 0 Å². The molecule has 0 aromatic rings. The molecule has 1 aliphatic rings. The van der Waals surface area contributed by atoms with E-state index in [4.69, 9.17) is 20.3 Å². The van der Waals surface area contributed by atoms with Crippen molar-refractivity contribution in [3.63, 3.8) is 0 Å². The minimum Gasteiger partial charge on any atom is -0.481 e. The molecule has 0 aromatic heterocycles. The summed E-state index contributed by atoms with van der Waals surface area (Å²) in [6.45, 7) is 1.08. The van der Waals surface area contributed by atoms with Gasteiger partial charge >= 0.3 is 0 Å². The molecule has 0 heterocycles. The molecule has 1 atom stereocenters. The van der Waals surface area contributed by atoms with E-state index in [1.807, 2.05) is 0 Å². The molecule has 1 unspecified atom stereocenters. The lowest BCUT2D eigenvalue weighted by Gasteiger charge is -2.20. The Balaban J connectivity index is 0.000000364. The van der Waals surface area contributed by atoms with Crippen molar-refractivity contribution in [2.45, 2.75) is 38.6 Å². The topological polar surface area (TPSA) is 102 Å². The number of oxime groups is 1. The van der Waals surface area contributed by atoms with Crippen molar-refractivity contribution in [3.8, 4) is 0 Å². The van der Waals surface area contributed by atoms with Crippen molar-refractivity contribution in [2.24, 2.45) is 5.16 Å². The predicted octanol–water partition coefficient (Wildman–Crippen LogP) is 0.829. The van der Waals surface area contributed by atoms with Gasteiger partial charge in [-0.25, -0.2) is 0 Å². The molecular formula is C8H16N2O4. The minimum absolute atomic E-state index is 0.126. The summed E-state index contributed by atoms with van der Waals surface area (Å²) in [6.07, 6.45) is 3.78. The van der Waals surface area contributed by atoms with Crippen molar-refractivity contribution >= 4 is 11.7 Å². The summed E-state index contributed by atoms with van der Waals surface area (Å²) in [5.74, 6) is -0.833. The van der Waals surface area contributed by atoms with Crippen LogP contribution in [0.25, 0.3) is 0 Å². The van der Waals surface area contributed by atoms with E-state index < -0.39 is 5.97 Å². The Morgan fingerprint density at radius 1 is 1.57 bits per heavy atom. The van der Waals surface area contributed by atoms with Crippen LogP contribution in [0.3, 0.4) is 0 Å². The number of carboxylic acid groups (broad SMARTS) is 1. The molecule has 0 saturated heterocycles. The van der Waals surface area contributed by atoms with Gasteiger partial charge in [-0.05, 0) is 19.3 Å². The summed E-state index contributed by atoms with van der Waals surface area (Å²) in [7, 11) is 0. The maximum atomic E-state index is 9.00. The number of hydroxylamine groups is 1. The monoisotopic (exact) mass is 204 g/mol. The smallest absolute Gasteiger partial charge is 0.300 e. The van der Waals surface area contributed by atoms with Crippen LogP contribution in [0.15, 0.2) is 5.16 Å². The SMILES string of the molecule is CC(=O)O.ON=C1CCCCC1NO. The third-order valence-corrected chi connectivity index (χ3v) is 1.86. The van der Waals surface area contributed by atoms with E-state index in [1.54, 1.807) is 0 Å². The molecule has 0 amide bonds. The molecule has 1 fully saturated rings. The molecule has 1 aliphatic carbocycles. The number of nitrogens with zero attached hydrogens (tertiary/aromatic N) is 1. The van der Waals surface area contributed by atoms with Crippen molar-refractivity contribution in [1.29, 1.82) is 0 Å². The van der Waals surface area contributed by atoms with Crippen molar-refractivity contribution in [1.82, 2.24) is 5.48 Å². The second kappa shape index (κ2) is 7.28. The Hall–Kier alpha value is -1.14. The minimum atomic E-state index is -0.833. The van der Waals surface area contributed by atoms with Crippen molar-refractivity contribution in [3.05, 3.63) is 0 Å². The predicted molar refractivity (Wildman–Crippen MR) is 49.7 cm³/mol. The number of hydrogen-bond acceptors (Lipinski definition) is 5. The largest absolute Gasteiger partial charge is 0.481 e. The first-order valence-electron chi connectivity index (χ1n) is 4.41. The number of carbonyl (C=O) groups is 1. The Morgan fingerprint density at radius 3 is 2.50 bits per heavy atom. The summed E-state index contributed by atoms with van der Waals surface area (Å²) in [4.78, 5) is 9.00. The molecule has 4 N–H and O–H groups in total. The van der Waals surface area contributed by atoms with Crippen LogP contribution in [0, 0.1) is 0 Å². The summed E-state index contributed by atoms with van der Waals surface area (Å²) in [5.41, 5.74) is 2.78. The van der Waals surface area contributed by atoms with Crippen LogP contribution in [0.2, 0.25) is 0 Å². The molecule has 0 aromatic carbocycles. The average molecular weight is 204 g/mol. The zero-order chi connectivity index (χ0) is 11.0. The van der Waals surface area contributed by atoms with Gasteiger partial charge in [0.1, 0.15) is 0 Å². The van der Waals surface area contributed by atoms with E-state index in [9.17, 15) is 0 Å². The maximum absolute atomic E-state index is 9.00. The number of hydrogen-bond donors (Lipinski definition) is 4. The van der Waals surface area contributed by atoms with Gasteiger partial charge < -0.3 is 15.5 Å². The van der Waals surface area contributed by atoms with E-state index in [2.05, 4.69) is 10.6 Å². The van der Waals surface area contributed by atoms with Gasteiger partial charge in [0.05, 0.1) is 11.8 Å². The lowest BCUT2D eigenvalue weighted by Crippen LogP contribution is -2.36. The van der Waals surface area contributed by atoms with Crippen LogP contribution in [0.1, 0.15) is 32.6 Å². The lowest BCUT2D eigenvalue weighted by molar-refractivity contribution is -0.134. The molecule has 82 valence electrons. The summed E-state index contributed by atoms with van der Waals surface area (Å²) in [6, 6.07) is -0.126. The normalized spacial score (nSPS) is 23.9. The molecule has 6 nitrogen and oxygen atoms in total. The number of carboxylic acids is 1. The standard InChI is InChI=1S/C6H12N2O2.C2H4O2/c9-7-5-3-1-2-4-6(5)8-10;1-2(3)4/h5,7,9-10H,1-4H2;1H3,(H,3,4). The maximum Gasteiger partial charge on any atom is 0.300 e. The summed E-state index contributed by atoms with van der Waals surface area (Å²) in [5, 5.41) is 27.5. The fourth-order valence-electron chi connectivity index (χ4n) is 1.25. The van der Waals surface area contributed by atoms with Crippen LogP contribution in [0.5, 0.6) is 0 Å². The Morgan fingerprint density at radius 2 is 2.14 bits per heavy atom. The van der Waals surface area contributed by atoms with E-state index in [1.165, 1.54) is 0 Å². The highest BCUT2D eigenvalue weighted by molar-refractivity contribution is 5.89. The van der Waals surface area contributed by atoms with Gasteiger partial charge in [0, 0.05) is 6.92 Å². The van der Waals surface area contributed by atoms with Crippen LogP contribution in [0.4, 0.5) is 0 Å². The van der Waals surface area contributed by atoms with Gasteiger partial charge in [-0.1, -0.05) is 11.6 Å². The third kappa shape index (κ3) is 5.50. The number of aliphatic carboxylic acids is 1. The molecule has 6 heteroatoms. The zero-order valence-electron chi connectivity index (χ0n) is 8.10. The quantitative estimate of drug-likeness (QED) is 0.374. The fourth-order valence-corrected chi connectivity index (χ4v) is 1.25. The van der Waals surface area contributed by atoms with Crippen LogP contribution < -0.4 is 5.48 Å². The molecule has 14 heavy (non-hydrogen) atoms. The second-order valence-electron chi connectivity index (χ2n) is 3.04. The third-order valence-electron chi connectivity index (χ3n) is 1.86. The van der Waals surface area contributed by atoms with Crippen LogP contribution >= 0.6 is 0 Å². The van der Waals surface area contributed by atoms with E-state index in [0.29, 0.717) is 5.71 Å². The first-order valence-corrected chi connectivity index (χ1v) is 4.41. The number of rotatable bonds is 1. The summed E-state index contributed by atoms with van der Waals surface area (Å²) >= 11 is 0. The van der Waals surface area contributed by atoms with Gasteiger partial charge in [0.25, 0.3) is 5.97 Å². The molecule has 0 radical (unpaired) electrons. The highest BCUT2D eigenvalue weighted by atomic mass is 16.5.